The van der Waals surface area contributed by atoms with E-state index in [-0.39, 0.29) is 0 Å². The zero-order valence-electron chi connectivity index (χ0n) is 7.84. The second-order valence-corrected chi connectivity index (χ2v) is 2.88. The van der Waals surface area contributed by atoms with Crippen molar-refractivity contribution >= 4 is 0 Å². The number of rotatable bonds is 2. The maximum absolute atomic E-state index is 5.58. The number of nitrogens with zero attached hydrogens (tertiary/aromatic N) is 2. The lowest BCUT2D eigenvalue weighted by molar-refractivity contribution is 0.473. The third-order valence-electron chi connectivity index (χ3n) is 1.82. The van der Waals surface area contributed by atoms with E-state index in [0.29, 0.717) is 0 Å². The van der Waals surface area contributed by atoms with E-state index in [1.54, 1.807) is 18.6 Å². The third-order valence-corrected chi connectivity index (χ3v) is 1.82. The van der Waals surface area contributed by atoms with Crippen molar-refractivity contribution in [1.29, 1.82) is 0 Å². The normalized spacial score (nSPS) is 9.79. The number of hydrogen-bond donors (Lipinski definition) is 0. The number of ether oxygens (including phenoxy) is 1. The minimum atomic E-state index is 0.726. The van der Waals surface area contributed by atoms with Crippen molar-refractivity contribution in [3.8, 4) is 11.5 Å². The molecule has 0 aromatic carbocycles. The molecular formula is C11H10N2O. The number of aryl methyl sites for hydroxylation is 1. The summed E-state index contributed by atoms with van der Waals surface area (Å²) >= 11 is 0. The predicted molar refractivity (Wildman–Crippen MR) is 53.3 cm³/mol. The Balaban J connectivity index is 2.24. The minimum absolute atomic E-state index is 0.726. The predicted octanol–water partition coefficient (Wildman–Crippen LogP) is 2.58. The van der Waals surface area contributed by atoms with Gasteiger partial charge in [-0.1, -0.05) is 0 Å². The van der Waals surface area contributed by atoms with Gasteiger partial charge in [-0.3, -0.25) is 9.97 Å². The fourth-order valence-electron chi connectivity index (χ4n) is 1.11. The van der Waals surface area contributed by atoms with Gasteiger partial charge in [0, 0.05) is 12.4 Å². The Morgan fingerprint density at radius 3 is 2.71 bits per heavy atom. The molecule has 3 heteroatoms. The van der Waals surface area contributed by atoms with Gasteiger partial charge in [-0.2, -0.15) is 0 Å². The summed E-state index contributed by atoms with van der Waals surface area (Å²) in [5, 5.41) is 0. The first-order chi connectivity index (χ1) is 6.86. The lowest BCUT2D eigenvalue weighted by Crippen LogP contribution is -1.89. The zero-order chi connectivity index (χ0) is 9.80. The summed E-state index contributed by atoms with van der Waals surface area (Å²) in [6.45, 7) is 1.91. The Bertz CT molecular complexity index is 415. The highest BCUT2D eigenvalue weighted by atomic mass is 16.5. The summed E-state index contributed by atoms with van der Waals surface area (Å²) < 4.78 is 5.58. The smallest absolute Gasteiger partial charge is 0.148 e. The van der Waals surface area contributed by atoms with Crippen LogP contribution in [0, 0.1) is 6.92 Å². The standard InChI is InChI=1S/C11H10N2O/c1-9-11(5-3-7-13-9)14-10-4-2-6-12-8-10/h2-8H,1H3. The molecule has 14 heavy (non-hydrogen) atoms. The summed E-state index contributed by atoms with van der Waals surface area (Å²) in [6, 6.07) is 7.43. The van der Waals surface area contributed by atoms with E-state index in [9.17, 15) is 0 Å². The molecule has 2 heterocycles. The molecule has 0 aliphatic rings. The van der Waals surface area contributed by atoms with Crippen LogP contribution in [0.1, 0.15) is 5.69 Å². The number of aromatic nitrogens is 2. The van der Waals surface area contributed by atoms with Crippen LogP contribution >= 0.6 is 0 Å². The molecule has 0 radical (unpaired) electrons. The summed E-state index contributed by atoms with van der Waals surface area (Å²) in [4.78, 5) is 8.09. The number of hydrogen-bond acceptors (Lipinski definition) is 3. The van der Waals surface area contributed by atoms with Gasteiger partial charge >= 0.3 is 0 Å². The molecule has 0 N–H and O–H groups in total. The molecule has 2 aromatic rings. The quantitative estimate of drug-likeness (QED) is 0.723. The highest BCUT2D eigenvalue weighted by molar-refractivity contribution is 5.31. The van der Waals surface area contributed by atoms with Crippen LogP contribution < -0.4 is 4.74 Å². The summed E-state index contributed by atoms with van der Waals surface area (Å²) in [6.07, 6.45) is 5.13. The molecule has 0 aliphatic carbocycles. The minimum Gasteiger partial charge on any atom is -0.454 e. The van der Waals surface area contributed by atoms with E-state index in [4.69, 9.17) is 4.74 Å². The van der Waals surface area contributed by atoms with Gasteiger partial charge in [0.2, 0.25) is 0 Å². The first kappa shape index (κ1) is 8.69. The van der Waals surface area contributed by atoms with Crippen LogP contribution in [0.3, 0.4) is 0 Å². The van der Waals surface area contributed by atoms with E-state index >= 15 is 0 Å². The summed E-state index contributed by atoms with van der Waals surface area (Å²) in [5.41, 5.74) is 0.872. The molecule has 0 amide bonds. The van der Waals surface area contributed by atoms with Crippen LogP contribution in [-0.4, -0.2) is 9.97 Å². The third kappa shape index (κ3) is 1.88. The molecule has 0 fully saturated rings. The molecule has 0 aliphatic heterocycles. The maximum atomic E-state index is 5.58. The molecule has 2 rings (SSSR count). The summed E-state index contributed by atoms with van der Waals surface area (Å²) in [5.74, 6) is 1.49. The van der Waals surface area contributed by atoms with Crippen LogP contribution in [0.5, 0.6) is 11.5 Å². The Hall–Kier alpha value is -1.90. The average Bonchev–Trinajstić information content (AvgIpc) is 2.23. The lowest BCUT2D eigenvalue weighted by atomic mass is 10.3. The van der Waals surface area contributed by atoms with Crippen molar-refractivity contribution in [2.24, 2.45) is 0 Å². The Morgan fingerprint density at radius 2 is 2.00 bits per heavy atom. The van der Waals surface area contributed by atoms with Crippen molar-refractivity contribution in [1.82, 2.24) is 9.97 Å². The Morgan fingerprint density at radius 1 is 1.14 bits per heavy atom. The highest BCUT2D eigenvalue weighted by Crippen LogP contribution is 2.21. The second-order valence-electron chi connectivity index (χ2n) is 2.88. The summed E-state index contributed by atoms with van der Waals surface area (Å²) in [7, 11) is 0. The molecule has 0 atom stereocenters. The van der Waals surface area contributed by atoms with Crippen LogP contribution in [0.2, 0.25) is 0 Å². The van der Waals surface area contributed by atoms with Gasteiger partial charge in [0.05, 0.1) is 11.9 Å². The van der Waals surface area contributed by atoms with Gasteiger partial charge < -0.3 is 4.74 Å². The second kappa shape index (κ2) is 3.87. The average molecular weight is 186 g/mol. The maximum Gasteiger partial charge on any atom is 0.148 e. The topological polar surface area (TPSA) is 35.0 Å². The Kier molecular flexibility index (Phi) is 2.40. The van der Waals surface area contributed by atoms with E-state index in [1.165, 1.54) is 0 Å². The van der Waals surface area contributed by atoms with Crippen LogP contribution in [0.4, 0.5) is 0 Å². The van der Waals surface area contributed by atoms with Gasteiger partial charge in [-0.25, -0.2) is 0 Å². The van der Waals surface area contributed by atoms with Crippen LogP contribution in [0.25, 0.3) is 0 Å². The van der Waals surface area contributed by atoms with E-state index in [0.717, 1.165) is 17.2 Å². The number of pyridine rings is 2. The zero-order valence-corrected chi connectivity index (χ0v) is 7.84. The molecule has 3 nitrogen and oxygen atoms in total. The molecule has 70 valence electrons. The van der Waals surface area contributed by atoms with Crippen molar-refractivity contribution in [2.45, 2.75) is 6.92 Å². The molecule has 0 saturated heterocycles. The van der Waals surface area contributed by atoms with E-state index < -0.39 is 0 Å². The Labute approximate surface area is 82.4 Å². The van der Waals surface area contributed by atoms with Gasteiger partial charge in [0.15, 0.2) is 0 Å². The van der Waals surface area contributed by atoms with Gasteiger partial charge in [0.1, 0.15) is 11.5 Å². The van der Waals surface area contributed by atoms with Crippen molar-refractivity contribution in [3.63, 3.8) is 0 Å². The van der Waals surface area contributed by atoms with E-state index in [2.05, 4.69) is 9.97 Å². The molecule has 2 aromatic heterocycles. The first-order valence-electron chi connectivity index (χ1n) is 4.36. The van der Waals surface area contributed by atoms with Gasteiger partial charge in [0.25, 0.3) is 0 Å². The largest absolute Gasteiger partial charge is 0.454 e. The van der Waals surface area contributed by atoms with Crippen LogP contribution in [-0.2, 0) is 0 Å². The molecule has 0 bridgehead atoms. The van der Waals surface area contributed by atoms with Crippen molar-refractivity contribution < 1.29 is 4.74 Å². The van der Waals surface area contributed by atoms with Crippen molar-refractivity contribution in [3.05, 3.63) is 48.5 Å². The van der Waals surface area contributed by atoms with Crippen molar-refractivity contribution in [2.75, 3.05) is 0 Å². The molecule has 0 unspecified atom stereocenters. The van der Waals surface area contributed by atoms with E-state index in [1.807, 2.05) is 31.2 Å². The molecule has 0 spiro atoms. The molecular weight excluding hydrogens is 176 g/mol. The highest BCUT2D eigenvalue weighted by Gasteiger charge is 1.99. The van der Waals surface area contributed by atoms with Crippen LogP contribution in [0.15, 0.2) is 42.9 Å². The van der Waals surface area contributed by atoms with Gasteiger partial charge in [-0.15, -0.1) is 0 Å². The molecule has 0 saturated carbocycles. The van der Waals surface area contributed by atoms with Gasteiger partial charge in [-0.05, 0) is 31.2 Å². The SMILES string of the molecule is Cc1ncccc1Oc1cccnc1. The first-order valence-corrected chi connectivity index (χ1v) is 4.36. The fourth-order valence-corrected chi connectivity index (χ4v) is 1.11. The lowest BCUT2D eigenvalue weighted by Gasteiger charge is -2.06. The fraction of sp³-hybridized carbons (Fsp3) is 0.0909. The monoisotopic (exact) mass is 186 g/mol.